The number of rotatable bonds is 6. The molecule has 0 aliphatic carbocycles. The van der Waals surface area contributed by atoms with Gasteiger partial charge in [0.05, 0.1) is 0 Å². The standard InChI is InChI=1S/C14H18ClNO4/c1-3-4-9(2)16-13(18)8-20-14(19)11-7-10(15)5-6-12(11)17/h5-7,9,17H,3-4,8H2,1-2H3,(H,16,18)/t9-/m0/s1. The van der Waals surface area contributed by atoms with E-state index in [4.69, 9.17) is 16.3 Å². The highest BCUT2D eigenvalue weighted by Crippen LogP contribution is 2.22. The van der Waals surface area contributed by atoms with Crippen LogP contribution in [0.2, 0.25) is 5.02 Å². The van der Waals surface area contributed by atoms with Crippen molar-refractivity contribution >= 4 is 23.5 Å². The molecule has 0 saturated carbocycles. The molecular formula is C14H18ClNO4. The maximum Gasteiger partial charge on any atom is 0.342 e. The number of phenolic OH excluding ortho intramolecular Hbond substituents is 1. The number of amides is 1. The molecule has 5 nitrogen and oxygen atoms in total. The summed E-state index contributed by atoms with van der Waals surface area (Å²) in [5.41, 5.74) is -0.0630. The van der Waals surface area contributed by atoms with Gasteiger partial charge in [-0.1, -0.05) is 24.9 Å². The zero-order valence-electron chi connectivity index (χ0n) is 11.5. The molecule has 0 heterocycles. The quantitative estimate of drug-likeness (QED) is 0.791. The number of hydrogen-bond acceptors (Lipinski definition) is 4. The van der Waals surface area contributed by atoms with Crippen LogP contribution in [0.25, 0.3) is 0 Å². The molecule has 1 rings (SSSR count). The average Bonchev–Trinajstić information content (AvgIpc) is 2.39. The molecule has 0 bridgehead atoms. The molecule has 1 aromatic rings. The van der Waals surface area contributed by atoms with Crippen LogP contribution in [0.3, 0.4) is 0 Å². The molecule has 0 aliphatic rings. The number of nitrogens with one attached hydrogen (secondary N) is 1. The molecule has 20 heavy (non-hydrogen) atoms. The van der Waals surface area contributed by atoms with Gasteiger partial charge in [0.1, 0.15) is 11.3 Å². The van der Waals surface area contributed by atoms with Gasteiger partial charge in [0.15, 0.2) is 6.61 Å². The molecule has 110 valence electrons. The van der Waals surface area contributed by atoms with E-state index in [9.17, 15) is 14.7 Å². The van der Waals surface area contributed by atoms with E-state index >= 15 is 0 Å². The fraction of sp³-hybridized carbons (Fsp3) is 0.429. The lowest BCUT2D eigenvalue weighted by Gasteiger charge is -2.13. The van der Waals surface area contributed by atoms with Crippen molar-refractivity contribution in [2.24, 2.45) is 0 Å². The van der Waals surface area contributed by atoms with Crippen molar-refractivity contribution in [2.45, 2.75) is 32.7 Å². The van der Waals surface area contributed by atoms with Crippen LogP contribution in [-0.2, 0) is 9.53 Å². The van der Waals surface area contributed by atoms with Gasteiger partial charge in [0, 0.05) is 11.1 Å². The molecule has 6 heteroatoms. The van der Waals surface area contributed by atoms with E-state index in [1.165, 1.54) is 18.2 Å². The van der Waals surface area contributed by atoms with E-state index in [1.807, 2.05) is 13.8 Å². The second-order valence-electron chi connectivity index (χ2n) is 4.49. The van der Waals surface area contributed by atoms with Gasteiger partial charge in [-0.3, -0.25) is 4.79 Å². The zero-order chi connectivity index (χ0) is 15.1. The molecule has 0 aliphatic heterocycles. The summed E-state index contributed by atoms with van der Waals surface area (Å²) < 4.78 is 4.84. The third-order valence-electron chi connectivity index (χ3n) is 2.64. The minimum atomic E-state index is -0.789. The van der Waals surface area contributed by atoms with E-state index in [1.54, 1.807) is 0 Å². The highest BCUT2D eigenvalue weighted by molar-refractivity contribution is 6.31. The number of carbonyl (C=O) groups excluding carboxylic acids is 2. The summed E-state index contributed by atoms with van der Waals surface area (Å²) in [5.74, 6) is -1.40. The molecular weight excluding hydrogens is 282 g/mol. The van der Waals surface area contributed by atoms with Crippen LogP contribution in [0.5, 0.6) is 5.75 Å². The Morgan fingerprint density at radius 1 is 1.45 bits per heavy atom. The van der Waals surface area contributed by atoms with Crippen LogP contribution in [0.1, 0.15) is 37.0 Å². The maximum absolute atomic E-state index is 11.7. The van der Waals surface area contributed by atoms with E-state index in [0.717, 1.165) is 12.8 Å². The first-order chi connectivity index (χ1) is 9.43. The average molecular weight is 300 g/mol. The predicted molar refractivity (Wildman–Crippen MR) is 75.9 cm³/mol. The molecule has 0 radical (unpaired) electrons. The summed E-state index contributed by atoms with van der Waals surface area (Å²) in [6.07, 6.45) is 1.81. The van der Waals surface area contributed by atoms with Crippen LogP contribution < -0.4 is 5.32 Å². The van der Waals surface area contributed by atoms with Gasteiger partial charge in [0.25, 0.3) is 5.91 Å². The fourth-order valence-corrected chi connectivity index (χ4v) is 1.87. The minimum Gasteiger partial charge on any atom is -0.507 e. The lowest BCUT2D eigenvalue weighted by atomic mass is 10.2. The topological polar surface area (TPSA) is 75.6 Å². The Morgan fingerprint density at radius 2 is 2.15 bits per heavy atom. The fourth-order valence-electron chi connectivity index (χ4n) is 1.70. The molecule has 0 unspecified atom stereocenters. The predicted octanol–water partition coefficient (Wildman–Crippen LogP) is 2.51. The van der Waals surface area contributed by atoms with Crippen molar-refractivity contribution in [1.29, 1.82) is 0 Å². The van der Waals surface area contributed by atoms with Crippen LogP contribution in [-0.4, -0.2) is 29.6 Å². The van der Waals surface area contributed by atoms with Crippen LogP contribution in [0, 0.1) is 0 Å². The van der Waals surface area contributed by atoms with Crippen molar-refractivity contribution < 1.29 is 19.4 Å². The zero-order valence-corrected chi connectivity index (χ0v) is 12.2. The summed E-state index contributed by atoms with van der Waals surface area (Å²) in [5, 5.41) is 12.5. The third kappa shape index (κ3) is 5.09. The number of carbonyl (C=O) groups is 2. The lowest BCUT2D eigenvalue weighted by Crippen LogP contribution is -2.35. The smallest absolute Gasteiger partial charge is 0.342 e. The van der Waals surface area contributed by atoms with Gasteiger partial charge in [-0.2, -0.15) is 0 Å². The Balaban J connectivity index is 2.51. The second-order valence-corrected chi connectivity index (χ2v) is 4.93. The molecule has 0 spiro atoms. The first-order valence-electron chi connectivity index (χ1n) is 6.39. The van der Waals surface area contributed by atoms with E-state index in [2.05, 4.69) is 5.32 Å². The Kier molecular flexibility index (Phi) is 6.31. The molecule has 1 aromatic carbocycles. The van der Waals surface area contributed by atoms with Crippen molar-refractivity contribution in [2.75, 3.05) is 6.61 Å². The largest absolute Gasteiger partial charge is 0.507 e. The number of hydrogen-bond donors (Lipinski definition) is 2. The van der Waals surface area contributed by atoms with Gasteiger partial charge in [-0.25, -0.2) is 4.79 Å². The monoisotopic (exact) mass is 299 g/mol. The van der Waals surface area contributed by atoms with E-state index in [-0.39, 0.29) is 23.3 Å². The van der Waals surface area contributed by atoms with Gasteiger partial charge in [-0.05, 0) is 31.5 Å². The lowest BCUT2D eigenvalue weighted by molar-refractivity contribution is -0.124. The van der Waals surface area contributed by atoms with Crippen molar-refractivity contribution in [3.63, 3.8) is 0 Å². The Hall–Kier alpha value is -1.75. The normalized spacial score (nSPS) is 11.8. The number of ether oxygens (including phenoxy) is 1. The number of esters is 1. The minimum absolute atomic E-state index is 0.0331. The van der Waals surface area contributed by atoms with E-state index < -0.39 is 12.6 Å². The summed E-state index contributed by atoms with van der Waals surface area (Å²) in [7, 11) is 0. The highest BCUT2D eigenvalue weighted by Gasteiger charge is 2.15. The Bertz CT molecular complexity index is 490. The van der Waals surface area contributed by atoms with Gasteiger partial charge < -0.3 is 15.2 Å². The number of halogens is 1. The maximum atomic E-state index is 11.7. The summed E-state index contributed by atoms with van der Waals surface area (Å²) in [6.45, 7) is 3.51. The van der Waals surface area contributed by atoms with Crippen LogP contribution in [0.15, 0.2) is 18.2 Å². The first-order valence-corrected chi connectivity index (χ1v) is 6.76. The van der Waals surface area contributed by atoms with Gasteiger partial charge >= 0.3 is 5.97 Å². The molecule has 1 atom stereocenters. The molecule has 0 fully saturated rings. The van der Waals surface area contributed by atoms with Crippen molar-refractivity contribution in [3.8, 4) is 5.75 Å². The van der Waals surface area contributed by atoms with E-state index in [0.29, 0.717) is 5.02 Å². The molecule has 0 saturated heterocycles. The summed E-state index contributed by atoms with van der Waals surface area (Å²) >= 11 is 5.73. The number of benzene rings is 1. The highest BCUT2D eigenvalue weighted by atomic mass is 35.5. The Labute approximate surface area is 122 Å². The molecule has 1 amide bonds. The van der Waals surface area contributed by atoms with Crippen molar-refractivity contribution in [1.82, 2.24) is 5.32 Å². The molecule has 2 N–H and O–H groups in total. The van der Waals surface area contributed by atoms with Gasteiger partial charge in [-0.15, -0.1) is 0 Å². The molecule has 0 aromatic heterocycles. The van der Waals surface area contributed by atoms with Gasteiger partial charge in [0.2, 0.25) is 0 Å². The summed E-state index contributed by atoms with van der Waals surface area (Å²) in [4.78, 5) is 23.3. The Morgan fingerprint density at radius 3 is 2.80 bits per heavy atom. The second kappa shape index (κ2) is 7.75. The third-order valence-corrected chi connectivity index (χ3v) is 2.88. The number of phenols is 1. The van der Waals surface area contributed by atoms with Crippen molar-refractivity contribution in [3.05, 3.63) is 28.8 Å². The van der Waals surface area contributed by atoms with Crippen LogP contribution in [0.4, 0.5) is 0 Å². The first kappa shape index (κ1) is 16.3. The van der Waals surface area contributed by atoms with Crippen LogP contribution >= 0.6 is 11.6 Å². The number of aromatic hydroxyl groups is 1. The summed E-state index contributed by atoms with van der Waals surface area (Å²) in [6, 6.07) is 4.07. The SMILES string of the molecule is CCC[C@H](C)NC(=O)COC(=O)c1cc(Cl)ccc1O.